The molecule has 3 aliphatic rings. The molecule has 3 amide bonds. The van der Waals surface area contributed by atoms with Crippen LogP contribution in [0.4, 0.5) is 0 Å². The fraction of sp³-hybridized carbons (Fsp3) is 0.556. The lowest BCUT2D eigenvalue weighted by atomic mass is 9.64. The Labute approximate surface area is 210 Å². The quantitative estimate of drug-likeness (QED) is 0.570. The molecule has 0 bridgehead atoms. The van der Waals surface area contributed by atoms with Crippen LogP contribution >= 0.6 is 0 Å². The molecule has 9 nitrogen and oxygen atoms in total. The first-order valence-corrected chi connectivity index (χ1v) is 12.8. The van der Waals surface area contributed by atoms with E-state index in [1.807, 2.05) is 18.2 Å². The number of benzene rings is 1. The predicted octanol–water partition coefficient (Wildman–Crippen LogP) is 2.86. The molecule has 0 radical (unpaired) electrons. The van der Waals surface area contributed by atoms with Gasteiger partial charge in [-0.3, -0.25) is 14.4 Å². The summed E-state index contributed by atoms with van der Waals surface area (Å²) in [7, 11) is 1.58. The van der Waals surface area contributed by atoms with E-state index >= 15 is 0 Å². The molecule has 36 heavy (non-hydrogen) atoms. The Hall–Kier alpha value is -3.54. The van der Waals surface area contributed by atoms with Crippen molar-refractivity contribution in [2.75, 3.05) is 13.7 Å². The van der Waals surface area contributed by atoms with E-state index in [1.54, 1.807) is 18.1 Å². The summed E-state index contributed by atoms with van der Waals surface area (Å²) in [4.78, 5) is 44.1. The van der Waals surface area contributed by atoms with Gasteiger partial charge in [0.1, 0.15) is 17.5 Å². The lowest BCUT2D eigenvalue weighted by Crippen LogP contribution is -2.52. The zero-order valence-corrected chi connectivity index (χ0v) is 20.6. The van der Waals surface area contributed by atoms with Crippen molar-refractivity contribution in [3.05, 3.63) is 30.0 Å². The second-order valence-electron chi connectivity index (χ2n) is 10.6. The Morgan fingerprint density at radius 1 is 1.31 bits per heavy atom. The zero-order valence-electron chi connectivity index (χ0n) is 20.6. The molecule has 3 fully saturated rings. The monoisotopic (exact) mass is 491 g/mol. The molecule has 1 aromatic carbocycles. The summed E-state index contributed by atoms with van der Waals surface area (Å²) in [5.74, 6) is -1.15. The van der Waals surface area contributed by atoms with Gasteiger partial charge in [-0.25, -0.2) is 0 Å². The van der Waals surface area contributed by atoms with Crippen LogP contribution in [0.2, 0.25) is 0 Å². The van der Waals surface area contributed by atoms with Crippen LogP contribution in [0, 0.1) is 28.6 Å². The maximum absolute atomic E-state index is 14.1. The van der Waals surface area contributed by atoms with Gasteiger partial charge in [0.25, 0.3) is 5.91 Å². The zero-order chi connectivity index (χ0) is 25.4. The molecule has 2 aromatic rings. The number of aromatic amines is 1. The summed E-state index contributed by atoms with van der Waals surface area (Å²) >= 11 is 0. The first kappa shape index (κ1) is 24.2. The molecule has 4 atom stereocenters. The number of carbonyl (C=O) groups excluding carboxylic acids is 3. The van der Waals surface area contributed by atoms with Crippen LogP contribution in [0.25, 0.3) is 10.9 Å². The highest BCUT2D eigenvalue weighted by Gasteiger charge is 2.58. The number of hydrogen-bond acceptors (Lipinski definition) is 5. The Morgan fingerprint density at radius 2 is 2.08 bits per heavy atom. The Balaban J connectivity index is 1.58. The number of amides is 3. The number of H-pyrrole nitrogens is 1. The second kappa shape index (κ2) is 9.49. The number of rotatable bonds is 6. The van der Waals surface area contributed by atoms with Crippen molar-refractivity contribution in [2.45, 2.75) is 63.5 Å². The van der Waals surface area contributed by atoms with Gasteiger partial charge in [0.15, 0.2) is 0 Å². The Morgan fingerprint density at radius 3 is 2.72 bits per heavy atom. The third-order valence-corrected chi connectivity index (χ3v) is 8.60. The fourth-order valence-electron chi connectivity index (χ4n) is 6.96. The van der Waals surface area contributed by atoms with Crippen LogP contribution in [0.15, 0.2) is 24.3 Å². The van der Waals surface area contributed by atoms with E-state index in [0.717, 1.165) is 43.0 Å². The van der Waals surface area contributed by atoms with Crippen molar-refractivity contribution >= 4 is 28.6 Å². The average molecular weight is 492 g/mol. The number of nitrogens with zero attached hydrogens (tertiary/aromatic N) is 2. The highest BCUT2D eigenvalue weighted by atomic mass is 16.5. The summed E-state index contributed by atoms with van der Waals surface area (Å²) < 4.78 is 5.46. The number of primary amides is 1. The van der Waals surface area contributed by atoms with E-state index in [1.165, 1.54) is 0 Å². The molecule has 3 heterocycles. The van der Waals surface area contributed by atoms with Crippen molar-refractivity contribution < 1.29 is 19.1 Å². The van der Waals surface area contributed by atoms with Gasteiger partial charge in [-0.2, -0.15) is 5.26 Å². The number of carbonyl (C=O) groups is 3. The lowest BCUT2D eigenvalue weighted by molar-refractivity contribution is -0.124. The predicted molar refractivity (Wildman–Crippen MR) is 133 cm³/mol. The smallest absolute Gasteiger partial charge is 0.271 e. The highest BCUT2D eigenvalue weighted by Crippen LogP contribution is 2.54. The second-order valence-corrected chi connectivity index (χ2v) is 10.6. The molecular formula is C27H33N5O4. The summed E-state index contributed by atoms with van der Waals surface area (Å²) in [6.07, 6.45) is 6.22. The van der Waals surface area contributed by atoms with E-state index < -0.39 is 23.9 Å². The summed E-state index contributed by atoms with van der Waals surface area (Å²) in [6, 6.07) is 8.42. The van der Waals surface area contributed by atoms with Crippen LogP contribution < -0.4 is 15.8 Å². The van der Waals surface area contributed by atoms with Gasteiger partial charge < -0.3 is 25.7 Å². The van der Waals surface area contributed by atoms with Crippen LogP contribution in [-0.4, -0.2) is 53.3 Å². The first-order valence-electron chi connectivity index (χ1n) is 12.8. The standard InChI is InChI=1S/C27H33N5O4/c1-36-22-7-5-6-19-18(22)13-20(31-19)26(35)32-21(24(29)33)14-27(9-3-2-4-10-27)23(32)17(15-28)12-16-8-11-30-25(16)34/h5-7,13,16-17,21,23,31H,2-4,8-12,14H2,1H3,(H2,29,33)(H,30,34)/t16-,17-,21?,23?/m1/s1. The molecule has 2 aliphatic heterocycles. The lowest BCUT2D eigenvalue weighted by Gasteiger charge is -2.43. The number of aromatic nitrogens is 1. The molecule has 9 heteroatoms. The molecule has 4 N–H and O–H groups in total. The highest BCUT2D eigenvalue weighted by molar-refractivity contribution is 6.02. The van der Waals surface area contributed by atoms with Gasteiger partial charge in [-0.05, 0) is 55.7 Å². The van der Waals surface area contributed by atoms with Crippen LogP contribution in [0.1, 0.15) is 61.9 Å². The van der Waals surface area contributed by atoms with E-state index in [-0.39, 0.29) is 23.1 Å². The number of nitrogens with one attached hydrogen (secondary N) is 2. The molecular weight excluding hydrogens is 458 g/mol. The Bertz CT molecular complexity index is 1220. The van der Waals surface area contributed by atoms with Crippen molar-refractivity contribution in [1.29, 1.82) is 5.26 Å². The van der Waals surface area contributed by atoms with E-state index in [0.29, 0.717) is 37.3 Å². The molecule has 1 aliphatic carbocycles. The van der Waals surface area contributed by atoms with E-state index in [4.69, 9.17) is 10.5 Å². The molecule has 190 valence electrons. The van der Waals surface area contributed by atoms with E-state index in [2.05, 4.69) is 16.4 Å². The maximum atomic E-state index is 14.1. The fourth-order valence-corrected chi connectivity index (χ4v) is 6.96. The van der Waals surface area contributed by atoms with Gasteiger partial charge in [0, 0.05) is 23.4 Å². The Kier molecular flexibility index (Phi) is 6.37. The van der Waals surface area contributed by atoms with Crippen molar-refractivity contribution in [3.63, 3.8) is 0 Å². The first-order chi connectivity index (χ1) is 17.4. The molecule has 2 unspecified atom stereocenters. The minimum absolute atomic E-state index is 0.0435. The van der Waals surface area contributed by atoms with Gasteiger partial charge in [0.2, 0.25) is 11.8 Å². The summed E-state index contributed by atoms with van der Waals surface area (Å²) in [5.41, 5.74) is 6.60. The van der Waals surface area contributed by atoms with Gasteiger partial charge in [-0.15, -0.1) is 0 Å². The third kappa shape index (κ3) is 3.98. The normalized spacial score (nSPS) is 26.1. The van der Waals surface area contributed by atoms with Gasteiger partial charge >= 0.3 is 0 Å². The summed E-state index contributed by atoms with van der Waals surface area (Å²) in [6.45, 7) is 0.598. The number of ether oxygens (including phenoxy) is 1. The maximum Gasteiger partial charge on any atom is 0.271 e. The topological polar surface area (TPSA) is 141 Å². The molecule has 2 saturated heterocycles. The number of nitriles is 1. The number of hydrogen-bond donors (Lipinski definition) is 3. The van der Waals surface area contributed by atoms with Crippen LogP contribution in [0.3, 0.4) is 0 Å². The van der Waals surface area contributed by atoms with Crippen molar-refractivity contribution in [3.8, 4) is 11.8 Å². The molecule has 1 saturated carbocycles. The van der Waals surface area contributed by atoms with Crippen molar-refractivity contribution in [2.24, 2.45) is 23.0 Å². The molecule has 5 rings (SSSR count). The number of methoxy groups -OCH3 is 1. The minimum atomic E-state index is -0.804. The van der Waals surface area contributed by atoms with Crippen molar-refractivity contribution in [1.82, 2.24) is 15.2 Å². The number of likely N-dealkylation sites (tertiary alicyclic amines) is 1. The van der Waals surface area contributed by atoms with Gasteiger partial charge in [0.05, 0.1) is 25.1 Å². The SMILES string of the molecule is COc1cccc2[nH]c(C(=O)N3C(C(N)=O)CC4(CCCCC4)C3[C@@H](C#N)C[C@H]3CCNC3=O)cc12. The third-order valence-electron chi connectivity index (χ3n) is 8.60. The van der Waals surface area contributed by atoms with Crippen LogP contribution in [0.5, 0.6) is 5.75 Å². The van der Waals surface area contributed by atoms with Gasteiger partial charge in [-0.1, -0.05) is 25.3 Å². The van der Waals surface area contributed by atoms with Crippen LogP contribution in [-0.2, 0) is 9.59 Å². The summed E-state index contributed by atoms with van der Waals surface area (Å²) in [5, 5.41) is 14.0. The minimum Gasteiger partial charge on any atom is -0.496 e. The average Bonchev–Trinajstić information content (AvgIpc) is 3.58. The molecule has 1 spiro atoms. The molecule has 1 aromatic heterocycles. The van der Waals surface area contributed by atoms with E-state index in [9.17, 15) is 19.6 Å². The number of fused-ring (bicyclic) bond motifs is 1. The number of nitrogens with two attached hydrogens (primary N) is 1. The largest absolute Gasteiger partial charge is 0.496 e.